The van der Waals surface area contributed by atoms with Crippen LogP contribution in [0, 0.1) is 5.92 Å². The highest BCUT2D eigenvalue weighted by atomic mass is 35.5. The van der Waals surface area contributed by atoms with E-state index in [0.717, 1.165) is 5.92 Å². The second-order valence-corrected chi connectivity index (χ2v) is 6.28. The molecular weight excluding hydrogens is 230 g/mol. The van der Waals surface area contributed by atoms with Gasteiger partial charge in [-0.05, 0) is 32.2 Å². The number of rotatable bonds is 7. The predicted molar refractivity (Wildman–Crippen MR) is 77.8 cm³/mol. The average Bonchev–Trinajstić information content (AvgIpc) is 2.34. The van der Waals surface area contributed by atoms with Crippen LogP contribution in [0.1, 0.15) is 65.2 Å². The van der Waals surface area contributed by atoms with Crippen molar-refractivity contribution in [2.24, 2.45) is 5.92 Å². The van der Waals surface area contributed by atoms with Gasteiger partial charge in [-0.25, -0.2) is 0 Å². The van der Waals surface area contributed by atoms with Crippen molar-refractivity contribution in [1.82, 2.24) is 4.90 Å². The van der Waals surface area contributed by atoms with Gasteiger partial charge in [0.15, 0.2) is 0 Å². The lowest BCUT2D eigenvalue weighted by molar-refractivity contribution is 0.163. The average molecular weight is 260 g/mol. The van der Waals surface area contributed by atoms with Crippen LogP contribution in [-0.2, 0) is 0 Å². The van der Waals surface area contributed by atoms with E-state index >= 15 is 0 Å². The van der Waals surface area contributed by atoms with E-state index in [1.54, 1.807) is 0 Å². The molecule has 2 heteroatoms. The third-order valence-electron chi connectivity index (χ3n) is 4.30. The van der Waals surface area contributed by atoms with Gasteiger partial charge in [-0.15, -0.1) is 11.6 Å². The van der Waals surface area contributed by atoms with E-state index < -0.39 is 0 Å². The summed E-state index contributed by atoms with van der Waals surface area (Å²) in [4.78, 5) is 2.54. The van der Waals surface area contributed by atoms with Crippen molar-refractivity contribution in [2.75, 3.05) is 13.6 Å². The zero-order valence-corrected chi connectivity index (χ0v) is 12.7. The minimum Gasteiger partial charge on any atom is -0.302 e. The standard InChI is InChI=1S/C15H30ClN/c1-4-6-9-13(5-2)12-17(3)15-11-8-7-10-14(15)16/h13-15H,4-12H2,1-3H3. The quantitative estimate of drug-likeness (QED) is 0.600. The number of hydrogen-bond donors (Lipinski definition) is 0. The molecule has 0 aromatic heterocycles. The Morgan fingerprint density at radius 2 is 1.94 bits per heavy atom. The number of halogens is 1. The van der Waals surface area contributed by atoms with Crippen molar-refractivity contribution in [1.29, 1.82) is 0 Å². The summed E-state index contributed by atoms with van der Waals surface area (Å²) < 4.78 is 0. The van der Waals surface area contributed by atoms with Gasteiger partial charge in [0.2, 0.25) is 0 Å². The zero-order valence-electron chi connectivity index (χ0n) is 11.9. The van der Waals surface area contributed by atoms with Crippen molar-refractivity contribution in [2.45, 2.75) is 76.6 Å². The van der Waals surface area contributed by atoms with Crippen molar-refractivity contribution in [3.05, 3.63) is 0 Å². The Labute approximate surface area is 113 Å². The van der Waals surface area contributed by atoms with E-state index in [4.69, 9.17) is 11.6 Å². The molecule has 0 amide bonds. The number of alkyl halides is 1. The lowest BCUT2D eigenvalue weighted by Gasteiger charge is -2.36. The van der Waals surface area contributed by atoms with Crippen molar-refractivity contribution in [3.8, 4) is 0 Å². The maximum Gasteiger partial charge on any atom is 0.0491 e. The summed E-state index contributed by atoms with van der Waals surface area (Å²) in [5.74, 6) is 0.866. The van der Waals surface area contributed by atoms with E-state index in [-0.39, 0.29) is 0 Å². The highest BCUT2D eigenvalue weighted by molar-refractivity contribution is 6.21. The lowest BCUT2D eigenvalue weighted by Crippen LogP contribution is -2.43. The molecule has 0 bridgehead atoms. The minimum absolute atomic E-state index is 0.387. The summed E-state index contributed by atoms with van der Waals surface area (Å²) >= 11 is 6.47. The Kier molecular flexibility index (Phi) is 7.54. The summed E-state index contributed by atoms with van der Waals surface area (Å²) in [5.41, 5.74) is 0. The molecule has 102 valence electrons. The first kappa shape index (κ1) is 15.3. The molecule has 3 unspecified atom stereocenters. The first-order valence-corrected chi connectivity index (χ1v) is 7.97. The molecular formula is C15H30ClN. The van der Waals surface area contributed by atoms with Crippen LogP contribution >= 0.6 is 11.6 Å². The normalized spacial score (nSPS) is 27.4. The number of hydrogen-bond acceptors (Lipinski definition) is 1. The second-order valence-electron chi connectivity index (χ2n) is 5.72. The summed E-state index contributed by atoms with van der Waals surface area (Å²) in [6, 6.07) is 0.626. The second kappa shape index (κ2) is 8.37. The molecule has 0 aromatic carbocycles. The van der Waals surface area contributed by atoms with Gasteiger partial charge >= 0.3 is 0 Å². The van der Waals surface area contributed by atoms with E-state index in [1.165, 1.54) is 57.9 Å². The Balaban J connectivity index is 2.36. The number of nitrogens with zero attached hydrogens (tertiary/aromatic N) is 1. The smallest absolute Gasteiger partial charge is 0.0491 e. The Morgan fingerprint density at radius 1 is 1.24 bits per heavy atom. The fourth-order valence-corrected chi connectivity index (χ4v) is 3.50. The Bertz CT molecular complexity index is 195. The number of unbranched alkanes of at least 4 members (excludes halogenated alkanes) is 1. The third-order valence-corrected chi connectivity index (χ3v) is 4.81. The molecule has 1 aliphatic carbocycles. The fraction of sp³-hybridized carbons (Fsp3) is 1.00. The lowest BCUT2D eigenvalue weighted by atomic mass is 9.92. The van der Waals surface area contributed by atoms with Crippen LogP contribution in [0.25, 0.3) is 0 Å². The van der Waals surface area contributed by atoms with Gasteiger partial charge in [0, 0.05) is 18.0 Å². The third kappa shape index (κ3) is 5.18. The summed E-state index contributed by atoms with van der Waals surface area (Å²) in [5, 5.41) is 0.387. The van der Waals surface area contributed by atoms with Crippen LogP contribution < -0.4 is 0 Å². The Morgan fingerprint density at radius 3 is 2.53 bits per heavy atom. The van der Waals surface area contributed by atoms with Crippen LogP contribution in [0.4, 0.5) is 0 Å². The monoisotopic (exact) mass is 259 g/mol. The highest BCUT2D eigenvalue weighted by Crippen LogP contribution is 2.27. The van der Waals surface area contributed by atoms with Crippen molar-refractivity contribution in [3.63, 3.8) is 0 Å². The molecule has 0 N–H and O–H groups in total. The van der Waals surface area contributed by atoms with Gasteiger partial charge in [0.25, 0.3) is 0 Å². The minimum atomic E-state index is 0.387. The fourth-order valence-electron chi connectivity index (χ4n) is 3.02. The zero-order chi connectivity index (χ0) is 12.7. The highest BCUT2D eigenvalue weighted by Gasteiger charge is 2.27. The first-order valence-electron chi connectivity index (χ1n) is 7.53. The van der Waals surface area contributed by atoms with E-state index in [0.29, 0.717) is 11.4 Å². The van der Waals surface area contributed by atoms with E-state index in [9.17, 15) is 0 Å². The SMILES string of the molecule is CCCCC(CC)CN(C)C1CCCCC1Cl. The summed E-state index contributed by atoms with van der Waals surface area (Å²) in [6.45, 7) is 5.85. The molecule has 0 radical (unpaired) electrons. The molecule has 0 aromatic rings. The molecule has 0 spiro atoms. The molecule has 0 aliphatic heterocycles. The van der Waals surface area contributed by atoms with Crippen LogP contribution in [0.5, 0.6) is 0 Å². The molecule has 1 aliphatic rings. The molecule has 0 saturated heterocycles. The largest absolute Gasteiger partial charge is 0.302 e. The van der Waals surface area contributed by atoms with Gasteiger partial charge in [-0.3, -0.25) is 0 Å². The van der Waals surface area contributed by atoms with Gasteiger partial charge in [-0.1, -0.05) is 46.0 Å². The van der Waals surface area contributed by atoms with Crippen LogP contribution in [0.2, 0.25) is 0 Å². The topological polar surface area (TPSA) is 3.24 Å². The maximum atomic E-state index is 6.47. The summed E-state index contributed by atoms with van der Waals surface area (Å²) in [6.07, 6.45) is 10.6. The molecule has 0 heterocycles. The van der Waals surface area contributed by atoms with Crippen molar-refractivity contribution < 1.29 is 0 Å². The molecule has 1 fully saturated rings. The molecule has 1 saturated carbocycles. The predicted octanol–water partition coefficient (Wildman–Crippen LogP) is 4.68. The van der Waals surface area contributed by atoms with Gasteiger partial charge < -0.3 is 4.90 Å². The summed E-state index contributed by atoms with van der Waals surface area (Å²) in [7, 11) is 2.28. The first-order chi connectivity index (χ1) is 8.19. The van der Waals surface area contributed by atoms with Crippen LogP contribution in [-0.4, -0.2) is 29.9 Å². The van der Waals surface area contributed by atoms with Gasteiger partial charge in [0.1, 0.15) is 0 Å². The molecule has 17 heavy (non-hydrogen) atoms. The molecule has 1 nitrogen and oxygen atoms in total. The maximum absolute atomic E-state index is 6.47. The van der Waals surface area contributed by atoms with Gasteiger partial charge in [-0.2, -0.15) is 0 Å². The molecule has 3 atom stereocenters. The van der Waals surface area contributed by atoms with Crippen molar-refractivity contribution >= 4 is 11.6 Å². The van der Waals surface area contributed by atoms with E-state index in [1.807, 2.05) is 0 Å². The van der Waals surface area contributed by atoms with Crippen LogP contribution in [0.15, 0.2) is 0 Å². The van der Waals surface area contributed by atoms with Gasteiger partial charge in [0.05, 0.1) is 0 Å². The Hall–Kier alpha value is 0.250. The molecule has 1 rings (SSSR count). The van der Waals surface area contributed by atoms with Crippen LogP contribution in [0.3, 0.4) is 0 Å². The van der Waals surface area contributed by atoms with E-state index in [2.05, 4.69) is 25.8 Å².